The Labute approximate surface area is 133 Å². The first-order valence-electron chi connectivity index (χ1n) is 7.63. The molecule has 0 unspecified atom stereocenters. The second kappa shape index (κ2) is 5.75. The topological polar surface area (TPSA) is 89.6 Å². The standard InChI is InChI=1S/C16H16N6O/c1-10-19-14(22-23-10)9-18-16-12-5-2-6-13(12)20-15(21-16)11-4-3-7-17-8-11/h3-4,7-8H,2,5-6,9H2,1H3,(H,18,20,21). The van der Waals surface area contributed by atoms with Crippen LogP contribution in [0.25, 0.3) is 11.4 Å². The zero-order chi connectivity index (χ0) is 15.6. The SMILES string of the molecule is Cc1nc(CNc2nc(-c3cccnc3)nc3c2CCC3)no1. The Morgan fingerprint density at radius 2 is 2.17 bits per heavy atom. The summed E-state index contributed by atoms with van der Waals surface area (Å²) in [5.74, 6) is 2.74. The van der Waals surface area contributed by atoms with Gasteiger partial charge < -0.3 is 9.84 Å². The fraction of sp³-hybridized carbons (Fsp3) is 0.312. The van der Waals surface area contributed by atoms with Gasteiger partial charge in [-0.15, -0.1) is 0 Å². The van der Waals surface area contributed by atoms with Gasteiger partial charge in [0.2, 0.25) is 5.89 Å². The van der Waals surface area contributed by atoms with E-state index >= 15 is 0 Å². The molecule has 0 aromatic carbocycles. The van der Waals surface area contributed by atoms with Gasteiger partial charge in [-0.05, 0) is 31.4 Å². The highest BCUT2D eigenvalue weighted by Crippen LogP contribution is 2.29. The lowest BCUT2D eigenvalue weighted by Gasteiger charge is -2.11. The molecular formula is C16H16N6O. The van der Waals surface area contributed by atoms with Crippen LogP contribution in [0.4, 0.5) is 5.82 Å². The molecule has 1 aliphatic carbocycles. The van der Waals surface area contributed by atoms with E-state index < -0.39 is 0 Å². The molecular weight excluding hydrogens is 292 g/mol. The molecule has 23 heavy (non-hydrogen) atoms. The van der Waals surface area contributed by atoms with E-state index in [1.807, 2.05) is 12.1 Å². The van der Waals surface area contributed by atoms with Gasteiger partial charge in [-0.3, -0.25) is 4.98 Å². The van der Waals surface area contributed by atoms with Crippen molar-refractivity contribution >= 4 is 5.82 Å². The Hall–Kier alpha value is -2.83. The zero-order valence-corrected chi connectivity index (χ0v) is 12.8. The molecule has 1 aliphatic rings. The molecule has 0 radical (unpaired) electrons. The van der Waals surface area contributed by atoms with E-state index in [2.05, 4.69) is 25.4 Å². The molecule has 1 N–H and O–H groups in total. The highest BCUT2D eigenvalue weighted by Gasteiger charge is 2.20. The van der Waals surface area contributed by atoms with Crippen LogP contribution in [0.5, 0.6) is 0 Å². The number of hydrogen-bond acceptors (Lipinski definition) is 7. The van der Waals surface area contributed by atoms with E-state index in [-0.39, 0.29) is 0 Å². The molecule has 0 atom stereocenters. The van der Waals surface area contributed by atoms with E-state index in [1.165, 1.54) is 5.56 Å². The average molecular weight is 308 g/mol. The summed E-state index contributed by atoms with van der Waals surface area (Å²) in [6, 6.07) is 3.86. The summed E-state index contributed by atoms with van der Waals surface area (Å²) in [4.78, 5) is 17.7. The number of hydrogen-bond donors (Lipinski definition) is 1. The van der Waals surface area contributed by atoms with Crippen molar-refractivity contribution in [1.29, 1.82) is 0 Å². The van der Waals surface area contributed by atoms with Crippen molar-refractivity contribution in [3.8, 4) is 11.4 Å². The normalized spacial score (nSPS) is 13.1. The number of nitrogens with zero attached hydrogens (tertiary/aromatic N) is 5. The van der Waals surface area contributed by atoms with Gasteiger partial charge in [0.1, 0.15) is 5.82 Å². The van der Waals surface area contributed by atoms with Crippen molar-refractivity contribution < 1.29 is 4.52 Å². The lowest BCUT2D eigenvalue weighted by atomic mass is 10.2. The van der Waals surface area contributed by atoms with Crippen LogP contribution in [0.2, 0.25) is 0 Å². The molecule has 0 fully saturated rings. The van der Waals surface area contributed by atoms with Gasteiger partial charge in [0.15, 0.2) is 11.6 Å². The second-order valence-electron chi connectivity index (χ2n) is 5.50. The van der Waals surface area contributed by atoms with E-state index in [1.54, 1.807) is 19.3 Å². The number of aromatic nitrogens is 5. The Bertz CT molecular complexity index is 830. The summed E-state index contributed by atoms with van der Waals surface area (Å²) in [6.45, 7) is 2.26. The van der Waals surface area contributed by atoms with Gasteiger partial charge >= 0.3 is 0 Å². The lowest BCUT2D eigenvalue weighted by molar-refractivity contribution is 0.388. The van der Waals surface area contributed by atoms with Gasteiger partial charge in [0.05, 0.1) is 6.54 Å². The highest BCUT2D eigenvalue weighted by molar-refractivity contribution is 5.59. The summed E-state index contributed by atoms with van der Waals surface area (Å²) in [7, 11) is 0. The summed E-state index contributed by atoms with van der Waals surface area (Å²) < 4.78 is 5.00. The molecule has 0 aliphatic heterocycles. The number of nitrogens with one attached hydrogen (secondary N) is 1. The number of fused-ring (bicyclic) bond motifs is 1. The highest BCUT2D eigenvalue weighted by atomic mass is 16.5. The fourth-order valence-electron chi connectivity index (χ4n) is 2.78. The third-order valence-corrected chi connectivity index (χ3v) is 3.84. The summed E-state index contributed by atoms with van der Waals surface area (Å²) in [6.07, 6.45) is 6.62. The van der Waals surface area contributed by atoms with Gasteiger partial charge in [-0.25, -0.2) is 9.97 Å². The predicted molar refractivity (Wildman–Crippen MR) is 83.6 cm³/mol. The average Bonchev–Trinajstić information content (AvgIpc) is 3.22. The lowest BCUT2D eigenvalue weighted by Crippen LogP contribution is -2.08. The van der Waals surface area contributed by atoms with Crippen LogP contribution in [0.15, 0.2) is 29.0 Å². The van der Waals surface area contributed by atoms with Gasteiger partial charge in [-0.2, -0.15) is 4.98 Å². The minimum atomic E-state index is 0.479. The Balaban J connectivity index is 1.66. The smallest absolute Gasteiger partial charge is 0.223 e. The number of anilines is 1. The largest absolute Gasteiger partial charge is 0.362 e. The van der Waals surface area contributed by atoms with Crippen molar-refractivity contribution in [2.45, 2.75) is 32.7 Å². The van der Waals surface area contributed by atoms with E-state index in [0.717, 1.165) is 36.3 Å². The van der Waals surface area contributed by atoms with Crippen molar-refractivity contribution in [2.75, 3.05) is 5.32 Å². The van der Waals surface area contributed by atoms with E-state index in [4.69, 9.17) is 9.51 Å². The van der Waals surface area contributed by atoms with Crippen LogP contribution in [0.1, 0.15) is 29.4 Å². The molecule has 0 bridgehead atoms. The summed E-state index contributed by atoms with van der Waals surface area (Å²) in [5.41, 5.74) is 3.23. The molecule has 0 spiro atoms. The maximum Gasteiger partial charge on any atom is 0.223 e. The van der Waals surface area contributed by atoms with Crippen molar-refractivity contribution in [3.05, 3.63) is 47.5 Å². The molecule has 4 rings (SSSR count). The number of pyridine rings is 1. The van der Waals surface area contributed by atoms with Crippen molar-refractivity contribution in [3.63, 3.8) is 0 Å². The first kappa shape index (κ1) is 13.8. The molecule has 7 nitrogen and oxygen atoms in total. The van der Waals surface area contributed by atoms with Crippen molar-refractivity contribution in [2.24, 2.45) is 0 Å². The van der Waals surface area contributed by atoms with E-state index in [0.29, 0.717) is 24.1 Å². The third kappa shape index (κ3) is 2.77. The minimum absolute atomic E-state index is 0.479. The first-order valence-corrected chi connectivity index (χ1v) is 7.63. The molecule has 7 heteroatoms. The molecule has 0 saturated heterocycles. The molecule has 116 valence electrons. The number of rotatable bonds is 4. The Morgan fingerprint density at radius 3 is 2.96 bits per heavy atom. The van der Waals surface area contributed by atoms with Crippen LogP contribution in [0, 0.1) is 6.92 Å². The number of aryl methyl sites for hydroxylation is 2. The van der Waals surface area contributed by atoms with Gasteiger partial charge in [0, 0.05) is 36.1 Å². The maximum atomic E-state index is 5.00. The summed E-state index contributed by atoms with van der Waals surface area (Å²) >= 11 is 0. The predicted octanol–water partition coefficient (Wildman–Crippen LogP) is 2.33. The molecule has 0 saturated carbocycles. The maximum absolute atomic E-state index is 5.00. The van der Waals surface area contributed by atoms with E-state index in [9.17, 15) is 0 Å². The van der Waals surface area contributed by atoms with Crippen molar-refractivity contribution in [1.82, 2.24) is 25.1 Å². The summed E-state index contributed by atoms with van der Waals surface area (Å²) in [5, 5.41) is 7.23. The second-order valence-corrected chi connectivity index (χ2v) is 5.50. The first-order chi connectivity index (χ1) is 11.3. The van der Waals surface area contributed by atoms with Crippen LogP contribution in [-0.4, -0.2) is 25.1 Å². The quantitative estimate of drug-likeness (QED) is 0.791. The Morgan fingerprint density at radius 1 is 1.22 bits per heavy atom. The van der Waals surface area contributed by atoms with Crippen LogP contribution in [0.3, 0.4) is 0 Å². The monoisotopic (exact) mass is 308 g/mol. The van der Waals surface area contributed by atoms with Gasteiger partial charge in [-0.1, -0.05) is 5.16 Å². The minimum Gasteiger partial charge on any atom is -0.362 e. The van der Waals surface area contributed by atoms with Crippen LogP contribution in [-0.2, 0) is 19.4 Å². The molecule has 3 aromatic heterocycles. The Kier molecular flexibility index (Phi) is 3.45. The van der Waals surface area contributed by atoms with Gasteiger partial charge in [0.25, 0.3) is 0 Å². The third-order valence-electron chi connectivity index (χ3n) is 3.84. The zero-order valence-electron chi connectivity index (χ0n) is 12.8. The van der Waals surface area contributed by atoms with Crippen LogP contribution >= 0.6 is 0 Å². The molecule has 3 heterocycles. The van der Waals surface area contributed by atoms with Crippen LogP contribution < -0.4 is 5.32 Å². The molecule has 3 aromatic rings. The molecule has 0 amide bonds. The fourth-order valence-corrected chi connectivity index (χ4v) is 2.78.